The zero-order valence-electron chi connectivity index (χ0n) is 40.9. The summed E-state index contributed by atoms with van der Waals surface area (Å²) in [6.45, 7) is 13.0. The van der Waals surface area contributed by atoms with Gasteiger partial charge in [0.25, 0.3) is 0 Å². The Morgan fingerprint density at radius 2 is 1.39 bits per heavy atom. The number of aryl methyl sites for hydroxylation is 2. The van der Waals surface area contributed by atoms with Crippen molar-refractivity contribution in [3.8, 4) is 34.3 Å². The van der Waals surface area contributed by atoms with E-state index in [1.54, 1.807) is 36.4 Å². The molecule has 3 aromatic heterocycles. The third-order valence-electron chi connectivity index (χ3n) is 13.1. The average molecular weight is 780 g/mol. The van der Waals surface area contributed by atoms with E-state index in [4.69, 9.17) is 22.0 Å². The minimum absolute atomic E-state index is 0.000618. The fourth-order valence-electron chi connectivity index (χ4n) is 9.67. The van der Waals surface area contributed by atoms with Gasteiger partial charge in [-0.25, -0.2) is 4.98 Å². The number of hydrogen-bond acceptors (Lipinski definition) is 4. The number of hydrogen-bond donors (Lipinski definition) is 0. The van der Waals surface area contributed by atoms with E-state index in [2.05, 4.69) is 91.8 Å². The number of benzene rings is 6. The number of nitriles is 1. The fourth-order valence-corrected chi connectivity index (χ4v) is 9.67. The van der Waals surface area contributed by atoms with Crippen molar-refractivity contribution in [3.63, 3.8) is 0 Å². The molecule has 1 aliphatic rings. The normalized spacial score (nSPS) is 17.0. The monoisotopic (exact) mass is 779 g/mol. The molecule has 0 unspecified atom stereocenters. The number of imidazole rings is 1. The molecule has 0 fully saturated rings. The van der Waals surface area contributed by atoms with E-state index >= 15 is 0 Å². The first-order chi connectivity index (χ1) is 30.6. The molecular weight excluding hydrogens is 723 g/mol. The number of para-hydroxylation sites is 1. The van der Waals surface area contributed by atoms with Crippen LogP contribution in [0.2, 0.25) is 0 Å². The molecular formula is C54H51N3O2. The largest absolute Gasteiger partial charge is 0.456 e. The van der Waals surface area contributed by atoms with Crippen LogP contribution < -0.4 is 0 Å². The molecule has 294 valence electrons. The maximum Gasteiger partial charge on any atom is 0.149 e. The Hall–Kier alpha value is -6.12. The van der Waals surface area contributed by atoms with Crippen LogP contribution >= 0.6 is 0 Å². The summed E-state index contributed by atoms with van der Waals surface area (Å²) in [5, 5.41) is 12.1. The SMILES string of the molecule is [2H]C([2H])([2H])c1ccc(-c2nc3cccc(C([2H])([2H])[2H])c3n2-c2c(C(C)C)cc(-c3ccc4c(c3)C(C)(C)CCC4(C)C)cc2C(C)C)c2oc3cc4c(cc3c12)oc1cc(C#N)ccc14. The van der Waals surface area contributed by atoms with Crippen molar-refractivity contribution in [1.29, 1.82) is 5.26 Å². The summed E-state index contributed by atoms with van der Waals surface area (Å²) in [7, 11) is 0. The highest BCUT2D eigenvalue weighted by molar-refractivity contribution is 6.17. The lowest BCUT2D eigenvalue weighted by atomic mass is 9.63. The van der Waals surface area contributed by atoms with Crippen LogP contribution in [0.5, 0.6) is 0 Å². The van der Waals surface area contributed by atoms with Gasteiger partial charge in [0.2, 0.25) is 0 Å². The van der Waals surface area contributed by atoms with E-state index in [0.717, 1.165) is 51.6 Å². The number of rotatable bonds is 5. The molecule has 0 amide bonds. The van der Waals surface area contributed by atoms with E-state index in [1.807, 2.05) is 28.8 Å². The lowest BCUT2D eigenvalue weighted by Gasteiger charge is -2.42. The molecule has 9 aromatic rings. The van der Waals surface area contributed by atoms with Crippen molar-refractivity contribution >= 4 is 54.9 Å². The first kappa shape index (κ1) is 30.9. The summed E-state index contributed by atoms with van der Waals surface area (Å²) in [5.74, 6) is 0.434. The van der Waals surface area contributed by atoms with Crippen LogP contribution in [0.3, 0.4) is 0 Å². The first-order valence-electron chi connectivity index (χ1n) is 23.7. The van der Waals surface area contributed by atoms with E-state index < -0.39 is 13.7 Å². The molecule has 0 saturated carbocycles. The van der Waals surface area contributed by atoms with Crippen molar-refractivity contribution in [1.82, 2.24) is 9.55 Å². The van der Waals surface area contributed by atoms with E-state index in [0.29, 0.717) is 61.1 Å². The van der Waals surface area contributed by atoms with Crippen molar-refractivity contribution in [2.24, 2.45) is 0 Å². The maximum absolute atomic E-state index is 9.55. The molecule has 5 heteroatoms. The van der Waals surface area contributed by atoms with Gasteiger partial charge >= 0.3 is 0 Å². The molecule has 59 heavy (non-hydrogen) atoms. The van der Waals surface area contributed by atoms with Crippen LogP contribution in [-0.2, 0) is 10.8 Å². The molecule has 0 atom stereocenters. The summed E-state index contributed by atoms with van der Waals surface area (Å²) < 4.78 is 67.6. The molecule has 0 spiro atoms. The van der Waals surface area contributed by atoms with Crippen LogP contribution in [-0.4, -0.2) is 9.55 Å². The number of furan rings is 2. The van der Waals surface area contributed by atoms with E-state index in [-0.39, 0.29) is 33.8 Å². The summed E-state index contributed by atoms with van der Waals surface area (Å²) in [5.41, 5.74) is 12.0. The van der Waals surface area contributed by atoms with E-state index in [1.165, 1.54) is 11.1 Å². The maximum atomic E-state index is 9.55. The molecule has 3 heterocycles. The fraction of sp³-hybridized carbons (Fsp3) is 0.296. The first-order valence-corrected chi connectivity index (χ1v) is 20.7. The summed E-state index contributed by atoms with van der Waals surface area (Å²) in [6.07, 6.45) is 2.23. The van der Waals surface area contributed by atoms with Gasteiger partial charge in [0.1, 0.15) is 28.2 Å². The van der Waals surface area contributed by atoms with Crippen LogP contribution in [0.25, 0.3) is 83.1 Å². The topological polar surface area (TPSA) is 67.9 Å². The predicted octanol–water partition coefficient (Wildman–Crippen LogP) is 15.2. The zero-order chi connectivity index (χ0) is 46.3. The number of aromatic nitrogens is 2. The highest BCUT2D eigenvalue weighted by atomic mass is 16.3. The highest BCUT2D eigenvalue weighted by Gasteiger charge is 2.37. The van der Waals surface area contributed by atoms with Crippen LogP contribution in [0, 0.1) is 25.0 Å². The Morgan fingerprint density at radius 1 is 0.695 bits per heavy atom. The average Bonchev–Trinajstić information content (AvgIpc) is 3.93. The van der Waals surface area contributed by atoms with Gasteiger partial charge in [-0.2, -0.15) is 5.26 Å². The Kier molecular flexibility index (Phi) is 6.77. The Balaban J connectivity index is 1.30. The van der Waals surface area contributed by atoms with Crippen LogP contribution in [0.15, 0.2) is 99.8 Å². The molecule has 10 rings (SSSR count). The zero-order valence-corrected chi connectivity index (χ0v) is 34.9. The second-order valence-corrected chi connectivity index (χ2v) is 18.5. The highest BCUT2D eigenvalue weighted by Crippen LogP contribution is 2.49. The number of nitrogens with zero attached hydrogens (tertiary/aromatic N) is 3. The van der Waals surface area contributed by atoms with Gasteiger partial charge in [-0.05, 0) is 148 Å². The molecule has 5 nitrogen and oxygen atoms in total. The van der Waals surface area contributed by atoms with Gasteiger partial charge in [-0.3, -0.25) is 4.57 Å². The minimum atomic E-state index is -2.51. The van der Waals surface area contributed by atoms with E-state index in [9.17, 15) is 5.26 Å². The third-order valence-corrected chi connectivity index (χ3v) is 13.1. The quantitative estimate of drug-likeness (QED) is 0.174. The predicted molar refractivity (Wildman–Crippen MR) is 244 cm³/mol. The Labute approximate surface area is 354 Å². The molecule has 0 bridgehead atoms. The molecule has 6 aromatic carbocycles. The van der Waals surface area contributed by atoms with Crippen molar-refractivity contribution in [2.45, 2.75) is 105 Å². The van der Waals surface area contributed by atoms with Crippen molar-refractivity contribution in [2.75, 3.05) is 0 Å². The lowest BCUT2D eigenvalue weighted by molar-refractivity contribution is 0.332. The minimum Gasteiger partial charge on any atom is -0.456 e. The smallest absolute Gasteiger partial charge is 0.149 e. The molecule has 0 aliphatic heterocycles. The molecule has 0 saturated heterocycles. The van der Waals surface area contributed by atoms with Gasteiger partial charge < -0.3 is 8.83 Å². The van der Waals surface area contributed by atoms with Crippen molar-refractivity contribution in [3.05, 3.63) is 130 Å². The van der Waals surface area contributed by atoms with Gasteiger partial charge in [0.15, 0.2) is 0 Å². The Bertz CT molecular complexity index is 3470. The Morgan fingerprint density at radius 3 is 2.10 bits per heavy atom. The third kappa shape index (κ3) is 5.60. The summed E-state index contributed by atoms with van der Waals surface area (Å²) >= 11 is 0. The van der Waals surface area contributed by atoms with Crippen molar-refractivity contribution < 1.29 is 17.1 Å². The standard InChI is InChI=1S/C54H51N3O2/c1-29(2)38-23-35(34-16-19-42-43(25-34)54(9,10)21-20-53(42,7)8)24-39(30(3)4)50(38)57-49-32(6)12-11-13-44(49)56-52(57)37-17-14-31(5)48-41-27-46-40(26-47(41)59-51(37)48)36-18-15-33(28-55)22-45(36)58-46/h11-19,22-27,29-30H,20-21H2,1-10H3/i5D3,6D3. The van der Waals surface area contributed by atoms with Crippen LogP contribution in [0.1, 0.15) is 127 Å². The molecule has 0 radical (unpaired) electrons. The summed E-state index contributed by atoms with van der Waals surface area (Å²) in [4.78, 5) is 5.27. The second-order valence-electron chi connectivity index (χ2n) is 18.5. The molecule has 0 N–H and O–H groups in total. The second kappa shape index (κ2) is 12.9. The van der Waals surface area contributed by atoms with Gasteiger partial charge in [0.05, 0.1) is 33.9 Å². The molecule has 1 aliphatic carbocycles. The van der Waals surface area contributed by atoms with Gasteiger partial charge in [-0.1, -0.05) is 91.8 Å². The van der Waals surface area contributed by atoms with Crippen LogP contribution in [0.4, 0.5) is 0 Å². The van der Waals surface area contributed by atoms with Gasteiger partial charge in [0, 0.05) is 29.8 Å². The van der Waals surface area contributed by atoms with Gasteiger partial charge in [-0.15, -0.1) is 0 Å². The summed E-state index contributed by atoms with van der Waals surface area (Å²) in [6, 6.07) is 31.2. The lowest BCUT2D eigenvalue weighted by Crippen LogP contribution is -2.33. The number of fused-ring (bicyclic) bond motifs is 8.